The summed E-state index contributed by atoms with van der Waals surface area (Å²) in [4.78, 5) is 2.52. The molecule has 0 radical (unpaired) electrons. The van der Waals surface area contributed by atoms with E-state index in [4.69, 9.17) is 10.5 Å². The Balaban J connectivity index is 2.26. The minimum atomic E-state index is 0.265. The third-order valence-electron chi connectivity index (χ3n) is 3.62. The van der Waals surface area contributed by atoms with E-state index in [0.717, 1.165) is 19.6 Å². The standard InChI is InChI=1S/C13H28N2O/c1-13(2)6-4-8-15(9-7-13)11-12(14)5-10-16-3/h12H,4-11,14H2,1-3H3. The number of nitrogens with two attached hydrogens (primary N) is 1. The minimum Gasteiger partial charge on any atom is -0.385 e. The summed E-state index contributed by atoms with van der Waals surface area (Å²) in [5.41, 5.74) is 6.61. The van der Waals surface area contributed by atoms with E-state index in [1.165, 1.54) is 32.4 Å². The maximum Gasteiger partial charge on any atom is 0.0477 e. The van der Waals surface area contributed by atoms with Crippen molar-refractivity contribution in [2.24, 2.45) is 11.1 Å². The number of likely N-dealkylation sites (tertiary alicyclic amines) is 1. The molecule has 1 unspecified atom stereocenters. The molecule has 2 N–H and O–H groups in total. The van der Waals surface area contributed by atoms with Crippen molar-refractivity contribution >= 4 is 0 Å². The molecule has 1 saturated heterocycles. The fourth-order valence-corrected chi connectivity index (χ4v) is 2.35. The summed E-state index contributed by atoms with van der Waals surface area (Å²) in [6.07, 6.45) is 4.92. The largest absolute Gasteiger partial charge is 0.385 e. The normalized spacial score (nSPS) is 24.0. The highest BCUT2D eigenvalue weighted by Gasteiger charge is 2.23. The van der Waals surface area contributed by atoms with Gasteiger partial charge in [-0.25, -0.2) is 0 Å². The van der Waals surface area contributed by atoms with Gasteiger partial charge in [0.15, 0.2) is 0 Å². The average molecular weight is 228 g/mol. The molecule has 96 valence electrons. The van der Waals surface area contributed by atoms with Crippen LogP contribution in [0.1, 0.15) is 39.5 Å². The number of ether oxygens (including phenoxy) is 1. The van der Waals surface area contributed by atoms with Crippen LogP contribution in [-0.2, 0) is 4.74 Å². The van der Waals surface area contributed by atoms with Crippen LogP contribution in [0, 0.1) is 5.41 Å². The molecule has 0 spiro atoms. The second kappa shape index (κ2) is 6.58. The molecule has 3 heteroatoms. The topological polar surface area (TPSA) is 38.5 Å². The Kier molecular flexibility index (Phi) is 5.73. The first-order chi connectivity index (χ1) is 7.53. The zero-order valence-corrected chi connectivity index (χ0v) is 11.2. The van der Waals surface area contributed by atoms with E-state index in [9.17, 15) is 0 Å². The number of hydrogen-bond donors (Lipinski definition) is 1. The number of nitrogens with zero attached hydrogens (tertiary/aromatic N) is 1. The highest BCUT2D eigenvalue weighted by molar-refractivity contribution is 4.78. The summed E-state index contributed by atoms with van der Waals surface area (Å²) in [7, 11) is 1.74. The second-order valence-electron chi connectivity index (χ2n) is 5.86. The van der Waals surface area contributed by atoms with Crippen LogP contribution in [0.4, 0.5) is 0 Å². The first-order valence-electron chi connectivity index (χ1n) is 6.50. The van der Waals surface area contributed by atoms with Gasteiger partial charge in [-0.15, -0.1) is 0 Å². The molecule has 1 rings (SSSR count). The summed E-state index contributed by atoms with van der Waals surface area (Å²) < 4.78 is 5.06. The lowest BCUT2D eigenvalue weighted by atomic mass is 9.85. The molecule has 1 aliphatic heterocycles. The van der Waals surface area contributed by atoms with E-state index in [1.807, 2.05) is 0 Å². The predicted octanol–water partition coefficient (Wildman–Crippen LogP) is 1.86. The van der Waals surface area contributed by atoms with E-state index < -0.39 is 0 Å². The van der Waals surface area contributed by atoms with Gasteiger partial charge in [-0.1, -0.05) is 13.8 Å². The second-order valence-corrected chi connectivity index (χ2v) is 5.86. The Labute approximate surface area is 100 Å². The summed E-state index contributed by atoms with van der Waals surface area (Å²) in [6.45, 7) is 8.97. The highest BCUT2D eigenvalue weighted by atomic mass is 16.5. The molecule has 0 aromatic carbocycles. The molecule has 16 heavy (non-hydrogen) atoms. The lowest BCUT2D eigenvalue weighted by Gasteiger charge is -2.25. The monoisotopic (exact) mass is 228 g/mol. The highest BCUT2D eigenvalue weighted by Crippen LogP contribution is 2.29. The van der Waals surface area contributed by atoms with Crippen molar-refractivity contribution in [1.82, 2.24) is 4.90 Å². The summed E-state index contributed by atoms with van der Waals surface area (Å²) in [6, 6.07) is 0.265. The molecule has 0 aromatic rings. The Morgan fingerprint density at radius 1 is 1.31 bits per heavy atom. The molecule has 3 nitrogen and oxygen atoms in total. The lowest BCUT2D eigenvalue weighted by Crippen LogP contribution is -2.38. The van der Waals surface area contributed by atoms with E-state index in [-0.39, 0.29) is 6.04 Å². The van der Waals surface area contributed by atoms with Gasteiger partial charge in [-0.05, 0) is 44.2 Å². The minimum absolute atomic E-state index is 0.265. The molecule has 1 aliphatic rings. The summed E-state index contributed by atoms with van der Waals surface area (Å²) >= 11 is 0. The van der Waals surface area contributed by atoms with E-state index in [1.54, 1.807) is 7.11 Å². The van der Waals surface area contributed by atoms with Crippen LogP contribution in [-0.4, -0.2) is 44.3 Å². The molecular weight excluding hydrogens is 200 g/mol. The van der Waals surface area contributed by atoms with Crippen LogP contribution < -0.4 is 5.73 Å². The van der Waals surface area contributed by atoms with Crippen molar-refractivity contribution < 1.29 is 4.74 Å². The van der Waals surface area contributed by atoms with Gasteiger partial charge in [-0.2, -0.15) is 0 Å². The quantitative estimate of drug-likeness (QED) is 0.780. The number of rotatable bonds is 5. The molecule has 0 saturated carbocycles. The summed E-state index contributed by atoms with van der Waals surface area (Å²) in [5, 5.41) is 0. The third-order valence-corrected chi connectivity index (χ3v) is 3.62. The van der Waals surface area contributed by atoms with Crippen LogP contribution in [0.15, 0.2) is 0 Å². The van der Waals surface area contributed by atoms with Gasteiger partial charge in [-0.3, -0.25) is 0 Å². The Morgan fingerprint density at radius 2 is 2.06 bits per heavy atom. The Hall–Kier alpha value is -0.120. The fraction of sp³-hybridized carbons (Fsp3) is 1.00. The van der Waals surface area contributed by atoms with Crippen molar-refractivity contribution in [3.8, 4) is 0 Å². The SMILES string of the molecule is COCCC(N)CN1CCCC(C)(C)CC1. The van der Waals surface area contributed by atoms with Crippen LogP contribution in [0.2, 0.25) is 0 Å². The van der Waals surface area contributed by atoms with Gasteiger partial charge in [0, 0.05) is 26.3 Å². The Bertz CT molecular complexity index is 194. The molecule has 1 fully saturated rings. The van der Waals surface area contributed by atoms with Gasteiger partial charge in [0.25, 0.3) is 0 Å². The van der Waals surface area contributed by atoms with Crippen molar-refractivity contribution in [2.45, 2.75) is 45.6 Å². The fourth-order valence-electron chi connectivity index (χ4n) is 2.35. The zero-order valence-electron chi connectivity index (χ0n) is 11.2. The molecule has 0 bridgehead atoms. The van der Waals surface area contributed by atoms with Crippen LogP contribution >= 0.6 is 0 Å². The maximum atomic E-state index is 6.09. The third kappa shape index (κ3) is 5.28. The van der Waals surface area contributed by atoms with Crippen LogP contribution in [0.25, 0.3) is 0 Å². The van der Waals surface area contributed by atoms with Crippen LogP contribution in [0.3, 0.4) is 0 Å². The lowest BCUT2D eigenvalue weighted by molar-refractivity contribution is 0.174. The van der Waals surface area contributed by atoms with Gasteiger partial charge in [0.2, 0.25) is 0 Å². The molecular formula is C13H28N2O. The number of methoxy groups -OCH3 is 1. The summed E-state index contributed by atoms with van der Waals surface area (Å²) in [5.74, 6) is 0. The molecule has 1 atom stereocenters. The smallest absolute Gasteiger partial charge is 0.0477 e. The van der Waals surface area contributed by atoms with Crippen molar-refractivity contribution in [3.63, 3.8) is 0 Å². The molecule has 0 aliphatic carbocycles. The van der Waals surface area contributed by atoms with Crippen molar-refractivity contribution in [2.75, 3.05) is 33.4 Å². The molecule has 0 aromatic heterocycles. The van der Waals surface area contributed by atoms with Gasteiger partial charge >= 0.3 is 0 Å². The maximum absolute atomic E-state index is 6.09. The van der Waals surface area contributed by atoms with Gasteiger partial charge in [0.05, 0.1) is 0 Å². The molecule has 0 amide bonds. The first-order valence-corrected chi connectivity index (χ1v) is 6.50. The molecule has 1 heterocycles. The van der Waals surface area contributed by atoms with Gasteiger partial charge < -0.3 is 15.4 Å². The van der Waals surface area contributed by atoms with Crippen LogP contribution in [0.5, 0.6) is 0 Å². The number of hydrogen-bond acceptors (Lipinski definition) is 3. The van der Waals surface area contributed by atoms with Crippen molar-refractivity contribution in [3.05, 3.63) is 0 Å². The van der Waals surface area contributed by atoms with Crippen molar-refractivity contribution in [1.29, 1.82) is 0 Å². The predicted molar refractivity (Wildman–Crippen MR) is 68.5 cm³/mol. The van der Waals surface area contributed by atoms with E-state index in [2.05, 4.69) is 18.7 Å². The van der Waals surface area contributed by atoms with E-state index in [0.29, 0.717) is 5.41 Å². The first kappa shape index (κ1) is 13.9. The van der Waals surface area contributed by atoms with E-state index >= 15 is 0 Å². The Morgan fingerprint density at radius 3 is 2.75 bits per heavy atom. The average Bonchev–Trinajstić information content (AvgIpc) is 2.37. The zero-order chi connectivity index (χ0) is 12.0. The van der Waals surface area contributed by atoms with Gasteiger partial charge in [0.1, 0.15) is 0 Å².